The number of hydrogen-bond donors (Lipinski definition) is 1. The van der Waals surface area contributed by atoms with Gasteiger partial charge in [-0.3, -0.25) is 4.31 Å². The van der Waals surface area contributed by atoms with E-state index in [9.17, 15) is 8.42 Å². The highest BCUT2D eigenvalue weighted by Gasteiger charge is 2.16. The van der Waals surface area contributed by atoms with Crippen LogP contribution in [0.5, 0.6) is 5.75 Å². The summed E-state index contributed by atoms with van der Waals surface area (Å²) in [6.07, 6.45) is 1.22. The second kappa shape index (κ2) is 7.20. The zero-order valence-corrected chi connectivity index (χ0v) is 16.7. The first-order chi connectivity index (χ1) is 13.5. The van der Waals surface area contributed by atoms with E-state index >= 15 is 0 Å². The Bertz CT molecular complexity index is 1230. The molecule has 0 fully saturated rings. The minimum Gasteiger partial charge on any atom is -0.489 e. The number of hydrogen-bond acceptors (Lipinski definition) is 3. The third-order valence-electron chi connectivity index (χ3n) is 4.78. The lowest BCUT2D eigenvalue weighted by Gasteiger charge is -2.20. The summed E-state index contributed by atoms with van der Waals surface area (Å²) in [5, 5.41) is 2.13. The van der Waals surface area contributed by atoms with Gasteiger partial charge in [-0.15, -0.1) is 0 Å². The van der Waals surface area contributed by atoms with Crippen LogP contribution in [0.3, 0.4) is 0 Å². The van der Waals surface area contributed by atoms with Crippen molar-refractivity contribution in [3.8, 4) is 5.75 Å². The van der Waals surface area contributed by atoms with Gasteiger partial charge in [0.1, 0.15) is 12.4 Å². The van der Waals surface area contributed by atoms with Crippen LogP contribution < -0.4 is 9.04 Å². The Kier molecular flexibility index (Phi) is 4.73. The van der Waals surface area contributed by atoms with Crippen LogP contribution in [-0.4, -0.2) is 26.2 Å². The average Bonchev–Trinajstić information content (AvgIpc) is 3.03. The zero-order chi connectivity index (χ0) is 19.7. The summed E-state index contributed by atoms with van der Waals surface area (Å²) >= 11 is 0. The number of benzene rings is 3. The van der Waals surface area contributed by atoms with E-state index in [2.05, 4.69) is 4.98 Å². The first-order valence-electron chi connectivity index (χ1n) is 9.15. The summed E-state index contributed by atoms with van der Waals surface area (Å²) < 4.78 is 31.3. The van der Waals surface area contributed by atoms with E-state index in [0.29, 0.717) is 18.8 Å². The number of H-pyrrole nitrogens is 1. The van der Waals surface area contributed by atoms with Crippen LogP contribution in [0.15, 0.2) is 66.7 Å². The first kappa shape index (κ1) is 18.4. The van der Waals surface area contributed by atoms with Crippen molar-refractivity contribution in [1.82, 2.24) is 4.98 Å². The number of aromatic amines is 1. The molecule has 1 aromatic heterocycles. The highest BCUT2D eigenvalue weighted by Crippen LogP contribution is 2.31. The zero-order valence-electron chi connectivity index (χ0n) is 15.8. The van der Waals surface area contributed by atoms with Crippen LogP contribution in [-0.2, 0) is 16.6 Å². The Labute approximate surface area is 164 Å². The van der Waals surface area contributed by atoms with Gasteiger partial charge in [0.15, 0.2) is 0 Å². The molecule has 6 heteroatoms. The van der Waals surface area contributed by atoms with Crippen LogP contribution in [0.25, 0.3) is 21.8 Å². The normalized spacial score (nSPS) is 11.8. The smallest absolute Gasteiger partial charge is 0.232 e. The summed E-state index contributed by atoms with van der Waals surface area (Å²) in [5.74, 6) is 0.787. The van der Waals surface area contributed by atoms with Crippen molar-refractivity contribution in [3.63, 3.8) is 0 Å². The van der Waals surface area contributed by atoms with Gasteiger partial charge in [0, 0.05) is 28.9 Å². The van der Waals surface area contributed by atoms with Crippen molar-refractivity contribution in [2.45, 2.75) is 13.5 Å². The Balaban J connectivity index is 1.67. The van der Waals surface area contributed by atoms with Crippen LogP contribution in [0, 0.1) is 0 Å². The predicted molar refractivity (Wildman–Crippen MR) is 114 cm³/mol. The molecule has 0 atom stereocenters. The van der Waals surface area contributed by atoms with Crippen LogP contribution in [0.1, 0.15) is 12.5 Å². The SMILES string of the molecule is CCN(c1ccc2c(c1)[nH]c1cc(OCc3ccccc3)ccc12)S(C)(=O)=O. The number of sulfonamides is 1. The molecule has 5 nitrogen and oxygen atoms in total. The number of nitrogens with one attached hydrogen (secondary N) is 1. The largest absolute Gasteiger partial charge is 0.489 e. The van der Waals surface area contributed by atoms with Crippen LogP contribution in [0.4, 0.5) is 5.69 Å². The van der Waals surface area contributed by atoms with Crippen LogP contribution in [0.2, 0.25) is 0 Å². The maximum Gasteiger partial charge on any atom is 0.232 e. The van der Waals surface area contributed by atoms with Crippen LogP contribution >= 0.6 is 0 Å². The fraction of sp³-hybridized carbons (Fsp3) is 0.182. The van der Waals surface area contributed by atoms with Crippen molar-refractivity contribution in [3.05, 3.63) is 72.3 Å². The summed E-state index contributed by atoms with van der Waals surface area (Å²) in [4.78, 5) is 3.39. The van der Waals surface area contributed by atoms with Crippen molar-refractivity contribution >= 4 is 37.5 Å². The minimum atomic E-state index is -3.31. The van der Waals surface area contributed by atoms with E-state index < -0.39 is 10.0 Å². The Morgan fingerprint density at radius 1 is 0.929 bits per heavy atom. The number of ether oxygens (including phenoxy) is 1. The molecule has 0 aliphatic carbocycles. The quantitative estimate of drug-likeness (QED) is 0.516. The number of rotatable bonds is 6. The van der Waals surface area contributed by atoms with Gasteiger partial charge in [-0.1, -0.05) is 36.4 Å². The van der Waals surface area contributed by atoms with Gasteiger partial charge in [-0.05, 0) is 36.8 Å². The van der Waals surface area contributed by atoms with Crippen molar-refractivity contribution in [2.75, 3.05) is 17.1 Å². The van der Waals surface area contributed by atoms with E-state index in [1.54, 1.807) is 0 Å². The number of aromatic nitrogens is 1. The maximum atomic E-state index is 12.0. The lowest BCUT2D eigenvalue weighted by molar-refractivity contribution is 0.306. The van der Waals surface area contributed by atoms with Gasteiger partial charge >= 0.3 is 0 Å². The molecule has 0 spiro atoms. The molecular weight excluding hydrogens is 372 g/mol. The van der Waals surface area contributed by atoms with Gasteiger partial charge in [0.25, 0.3) is 0 Å². The third-order valence-corrected chi connectivity index (χ3v) is 6.05. The predicted octanol–water partition coefficient (Wildman–Crippen LogP) is 4.69. The molecule has 1 N–H and O–H groups in total. The maximum absolute atomic E-state index is 12.0. The van der Waals surface area contributed by atoms with E-state index in [-0.39, 0.29) is 0 Å². The highest BCUT2D eigenvalue weighted by atomic mass is 32.2. The van der Waals surface area contributed by atoms with Gasteiger partial charge < -0.3 is 9.72 Å². The molecule has 0 saturated heterocycles. The lowest BCUT2D eigenvalue weighted by Crippen LogP contribution is -2.29. The Morgan fingerprint density at radius 2 is 1.61 bits per heavy atom. The van der Waals surface area contributed by atoms with Gasteiger partial charge in [0.05, 0.1) is 17.5 Å². The molecular formula is C22H22N2O3S. The summed E-state index contributed by atoms with van der Waals surface area (Å²) in [6.45, 7) is 2.73. The van der Waals surface area contributed by atoms with E-state index in [4.69, 9.17) is 4.74 Å². The Hall–Kier alpha value is -2.99. The van der Waals surface area contributed by atoms with Gasteiger partial charge in [-0.25, -0.2) is 8.42 Å². The monoisotopic (exact) mass is 394 g/mol. The van der Waals surface area contributed by atoms with E-state index in [0.717, 1.165) is 33.1 Å². The Morgan fingerprint density at radius 3 is 2.29 bits per heavy atom. The molecule has 144 valence electrons. The lowest BCUT2D eigenvalue weighted by atomic mass is 10.1. The molecule has 4 rings (SSSR count). The summed E-state index contributed by atoms with van der Waals surface area (Å²) in [6, 6.07) is 21.7. The van der Waals surface area contributed by atoms with Crippen molar-refractivity contribution in [2.24, 2.45) is 0 Å². The molecule has 0 saturated carbocycles. The topological polar surface area (TPSA) is 62.4 Å². The molecule has 0 unspecified atom stereocenters. The fourth-order valence-electron chi connectivity index (χ4n) is 3.47. The third kappa shape index (κ3) is 3.55. The van der Waals surface area contributed by atoms with Crippen molar-refractivity contribution in [1.29, 1.82) is 0 Å². The number of anilines is 1. The van der Waals surface area contributed by atoms with Crippen molar-refractivity contribution < 1.29 is 13.2 Å². The van der Waals surface area contributed by atoms with E-state index in [1.807, 2.05) is 73.7 Å². The fourth-order valence-corrected chi connectivity index (χ4v) is 4.44. The number of nitrogens with zero attached hydrogens (tertiary/aromatic N) is 1. The second-order valence-corrected chi connectivity index (χ2v) is 8.67. The van der Waals surface area contributed by atoms with Gasteiger partial charge in [0.2, 0.25) is 10.0 Å². The summed E-state index contributed by atoms with van der Waals surface area (Å²) in [7, 11) is -3.31. The molecule has 0 aliphatic rings. The minimum absolute atomic E-state index is 0.391. The molecule has 1 heterocycles. The van der Waals surface area contributed by atoms with Gasteiger partial charge in [-0.2, -0.15) is 0 Å². The second-order valence-electron chi connectivity index (χ2n) is 6.76. The standard InChI is InChI=1S/C22H22N2O3S/c1-3-24(28(2,25)26)17-9-11-19-20-12-10-18(14-22(20)23-21(19)13-17)27-15-16-7-5-4-6-8-16/h4-14,23H,3,15H2,1-2H3. The summed E-state index contributed by atoms with van der Waals surface area (Å²) in [5.41, 5.74) is 3.63. The average molecular weight is 394 g/mol. The molecule has 4 aromatic rings. The molecule has 0 amide bonds. The molecule has 0 bridgehead atoms. The van der Waals surface area contributed by atoms with E-state index in [1.165, 1.54) is 10.6 Å². The molecule has 28 heavy (non-hydrogen) atoms. The highest BCUT2D eigenvalue weighted by molar-refractivity contribution is 7.92. The number of fused-ring (bicyclic) bond motifs is 3. The molecule has 0 aliphatic heterocycles. The first-order valence-corrected chi connectivity index (χ1v) is 11.0. The molecule has 3 aromatic carbocycles. The molecule has 0 radical (unpaired) electrons.